The van der Waals surface area contributed by atoms with E-state index in [-0.39, 0.29) is 12.0 Å². The second-order valence-electron chi connectivity index (χ2n) is 5.92. The minimum absolute atomic E-state index is 0.123. The predicted molar refractivity (Wildman–Crippen MR) is 81.5 cm³/mol. The minimum atomic E-state index is -0.729. The molecule has 0 radical (unpaired) electrons. The van der Waals surface area contributed by atoms with Crippen molar-refractivity contribution in [3.63, 3.8) is 0 Å². The van der Waals surface area contributed by atoms with Crippen LogP contribution in [-0.2, 0) is 4.79 Å². The number of benzene rings is 1. The van der Waals surface area contributed by atoms with E-state index in [0.29, 0.717) is 12.5 Å². The van der Waals surface area contributed by atoms with Crippen LogP contribution >= 0.6 is 0 Å². The Hall–Kier alpha value is -1.75. The van der Waals surface area contributed by atoms with Crippen molar-refractivity contribution >= 4 is 5.91 Å². The summed E-state index contributed by atoms with van der Waals surface area (Å²) < 4.78 is 11.0. The Kier molecular flexibility index (Phi) is 4.73. The summed E-state index contributed by atoms with van der Waals surface area (Å²) >= 11 is 0. The zero-order chi connectivity index (χ0) is 15.5. The molecule has 0 aliphatic heterocycles. The zero-order valence-electron chi connectivity index (χ0n) is 12.9. The zero-order valence-corrected chi connectivity index (χ0v) is 12.9. The van der Waals surface area contributed by atoms with Gasteiger partial charge in [-0.3, -0.25) is 4.79 Å². The van der Waals surface area contributed by atoms with Crippen LogP contribution in [0, 0.1) is 0 Å². The molecule has 0 saturated heterocycles. The van der Waals surface area contributed by atoms with Crippen LogP contribution in [0.4, 0.5) is 0 Å². The van der Waals surface area contributed by atoms with Crippen molar-refractivity contribution in [1.29, 1.82) is 0 Å². The van der Waals surface area contributed by atoms with Gasteiger partial charge in [-0.2, -0.15) is 0 Å². The quantitative estimate of drug-likeness (QED) is 0.767. The second-order valence-corrected chi connectivity index (χ2v) is 5.92. The molecule has 0 bridgehead atoms. The highest BCUT2D eigenvalue weighted by Crippen LogP contribution is 2.26. The van der Waals surface area contributed by atoms with Gasteiger partial charge in [-0.25, -0.2) is 0 Å². The molecule has 2 atom stereocenters. The van der Waals surface area contributed by atoms with Crippen LogP contribution in [0.2, 0.25) is 0 Å². The summed E-state index contributed by atoms with van der Waals surface area (Å²) in [4.78, 5) is 11.7. The number of nitrogens with one attached hydrogen (secondary N) is 1. The standard InChI is InChI=1S/C16H24N2O3/c1-11(21-14-8-6-13(20-3)7-9-14)10-16(2,15(17)19)18-12-4-5-12/h6-9,11-12,18H,4-5,10H2,1-3H3,(H2,17,19). The van der Waals surface area contributed by atoms with E-state index < -0.39 is 5.54 Å². The number of hydrogen-bond donors (Lipinski definition) is 2. The van der Waals surface area contributed by atoms with E-state index in [1.807, 2.05) is 38.1 Å². The summed E-state index contributed by atoms with van der Waals surface area (Å²) in [7, 11) is 1.63. The fraction of sp³-hybridized carbons (Fsp3) is 0.562. The van der Waals surface area contributed by atoms with Crippen molar-refractivity contribution in [1.82, 2.24) is 5.32 Å². The Bertz CT molecular complexity index is 485. The van der Waals surface area contributed by atoms with Gasteiger partial charge in [0, 0.05) is 12.5 Å². The molecule has 0 spiro atoms. The monoisotopic (exact) mass is 292 g/mol. The summed E-state index contributed by atoms with van der Waals surface area (Å²) in [5.74, 6) is 1.20. The highest BCUT2D eigenvalue weighted by Gasteiger charge is 2.38. The Labute approximate surface area is 125 Å². The number of carbonyl (C=O) groups excluding carboxylic acids is 1. The molecule has 1 aliphatic rings. The van der Waals surface area contributed by atoms with Crippen molar-refractivity contribution in [3.8, 4) is 11.5 Å². The first-order valence-electron chi connectivity index (χ1n) is 7.31. The van der Waals surface area contributed by atoms with Gasteiger partial charge in [0.25, 0.3) is 0 Å². The third kappa shape index (κ3) is 4.36. The molecule has 1 aliphatic carbocycles. The van der Waals surface area contributed by atoms with Gasteiger partial charge in [0.15, 0.2) is 0 Å². The molecule has 1 saturated carbocycles. The molecular formula is C16H24N2O3. The van der Waals surface area contributed by atoms with Crippen molar-refractivity contribution in [2.75, 3.05) is 7.11 Å². The van der Waals surface area contributed by atoms with E-state index in [1.165, 1.54) is 0 Å². The Morgan fingerprint density at radius 1 is 1.38 bits per heavy atom. The van der Waals surface area contributed by atoms with Gasteiger partial charge in [-0.05, 0) is 51.0 Å². The molecule has 116 valence electrons. The van der Waals surface area contributed by atoms with Crippen LogP contribution < -0.4 is 20.5 Å². The maximum Gasteiger partial charge on any atom is 0.237 e. The van der Waals surface area contributed by atoms with E-state index in [0.717, 1.165) is 24.3 Å². The van der Waals surface area contributed by atoms with Crippen molar-refractivity contribution in [2.45, 2.75) is 50.8 Å². The lowest BCUT2D eigenvalue weighted by molar-refractivity contribution is -0.124. The molecule has 0 aromatic heterocycles. The van der Waals surface area contributed by atoms with Crippen molar-refractivity contribution in [2.24, 2.45) is 5.73 Å². The van der Waals surface area contributed by atoms with Gasteiger partial charge in [-0.15, -0.1) is 0 Å². The van der Waals surface area contributed by atoms with Crippen LogP contribution in [0.15, 0.2) is 24.3 Å². The molecule has 1 aromatic carbocycles. The molecule has 0 heterocycles. The fourth-order valence-electron chi connectivity index (χ4n) is 2.41. The third-order valence-corrected chi connectivity index (χ3v) is 3.74. The van der Waals surface area contributed by atoms with Gasteiger partial charge in [0.2, 0.25) is 5.91 Å². The number of ether oxygens (including phenoxy) is 2. The van der Waals surface area contributed by atoms with E-state index in [2.05, 4.69) is 5.32 Å². The molecule has 21 heavy (non-hydrogen) atoms. The van der Waals surface area contributed by atoms with Crippen LogP contribution in [0.25, 0.3) is 0 Å². The van der Waals surface area contributed by atoms with Crippen LogP contribution in [-0.4, -0.2) is 30.7 Å². The first-order chi connectivity index (χ1) is 9.93. The highest BCUT2D eigenvalue weighted by atomic mass is 16.5. The smallest absolute Gasteiger partial charge is 0.237 e. The fourth-order valence-corrected chi connectivity index (χ4v) is 2.41. The number of hydrogen-bond acceptors (Lipinski definition) is 4. The van der Waals surface area contributed by atoms with E-state index in [9.17, 15) is 4.79 Å². The molecule has 1 amide bonds. The summed E-state index contributed by atoms with van der Waals surface area (Å²) in [5, 5.41) is 3.33. The molecular weight excluding hydrogens is 268 g/mol. The van der Waals surface area contributed by atoms with Gasteiger partial charge in [0.05, 0.1) is 18.8 Å². The lowest BCUT2D eigenvalue weighted by Crippen LogP contribution is -2.55. The first kappa shape index (κ1) is 15.6. The number of amides is 1. The van der Waals surface area contributed by atoms with Gasteiger partial charge in [0.1, 0.15) is 11.5 Å². The number of carbonyl (C=O) groups is 1. The van der Waals surface area contributed by atoms with Gasteiger partial charge in [-0.1, -0.05) is 0 Å². The molecule has 2 unspecified atom stereocenters. The third-order valence-electron chi connectivity index (χ3n) is 3.74. The average molecular weight is 292 g/mol. The van der Waals surface area contributed by atoms with Crippen molar-refractivity contribution in [3.05, 3.63) is 24.3 Å². The van der Waals surface area contributed by atoms with E-state index in [4.69, 9.17) is 15.2 Å². The molecule has 3 N–H and O–H groups in total. The molecule has 1 fully saturated rings. The molecule has 5 nitrogen and oxygen atoms in total. The number of nitrogens with two attached hydrogens (primary N) is 1. The lowest BCUT2D eigenvalue weighted by Gasteiger charge is -2.30. The normalized spacial score (nSPS) is 18.6. The summed E-state index contributed by atoms with van der Waals surface area (Å²) in [5.41, 5.74) is 4.82. The molecule has 2 rings (SSSR count). The maximum atomic E-state index is 11.7. The summed E-state index contributed by atoms with van der Waals surface area (Å²) in [6, 6.07) is 7.81. The number of rotatable bonds is 8. The van der Waals surface area contributed by atoms with Crippen molar-refractivity contribution < 1.29 is 14.3 Å². The molecule has 1 aromatic rings. The Balaban J connectivity index is 1.94. The summed E-state index contributed by atoms with van der Waals surface area (Å²) in [6.07, 6.45) is 2.63. The minimum Gasteiger partial charge on any atom is -0.497 e. The van der Waals surface area contributed by atoms with Crippen LogP contribution in [0.3, 0.4) is 0 Å². The lowest BCUT2D eigenvalue weighted by atomic mass is 9.93. The second kappa shape index (κ2) is 6.35. The molecule has 5 heteroatoms. The largest absolute Gasteiger partial charge is 0.497 e. The summed E-state index contributed by atoms with van der Waals surface area (Å²) in [6.45, 7) is 3.79. The topological polar surface area (TPSA) is 73.6 Å². The van der Waals surface area contributed by atoms with Gasteiger partial charge < -0.3 is 20.5 Å². The predicted octanol–water partition coefficient (Wildman–Crippen LogP) is 1.85. The Morgan fingerprint density at radius 2 is 1.95 bits per heavy atom. The number of methoxy groups -OCH3 is 1. The van der Waals surface area contributed by atoms with E-state index >= 15 is 0 Å². The first-order valence-corrected chi connectivity index (χ1v) is 7.31. The van der Waals surface area contributed by atoms with Gasteiger partial charge >= 0.3 is 0 Å². The number of primary amides is 1. The maximum absolute atomic E-state index is 11.7. The van der Waals surface area contributed by atoms with Crippen LogP contribution in [0.1, 0.15) is 33.1 Å². The average Bonchev–Trinajstić information content (AvgIpc) is 3.22. The Morgan fingerprint density at radius 3 is 2.43 bits per heavy atom. The SMILES string of the molecule is COc1ccc(OC(C)CC(C)(NC2CC2)C(N)=O)cc1. The van der Waals surface area contributed by atoms with E-state index in [1.54, 1.807) is 7.11 Å². The highest BCUT2D eigenvalue weighted by molar-refractivity contribution is 5.84. The van der Waals surface area contributed by atoms with Crippen LogP contribution in [0.5, 0.6) is 11.5 Å².